The molecule has 5 N–H and O–H groups in total. The Balaban J connectivity index is 2.39. The number of aliphatic hydroxyl groups is 1. The molecule has 0 radical (unpaired) electrons. The summed E-state index contributed by atoms with van der Waals surface area (Å²) in [6, 6.07) is 2.67. The van der Waals surface area contributed by atoms with E-state index in [0.29, 0.717) is 6.42 Å². The van der Waals surface area contributed by atoms with Gasteiger partial charge in [0.1, 0.15) is 23.9 Å². The SMILES string of the molecule is CCC(C)C1NC(=O)C(C)C(O)C(C)NC(=O)C(NC(=O)c2ccccc2O)C(C)OC1=O. The van der Waals surface area contributed by atoms with Crippen LogP contribution in [0.5, 0.6) is 5.75 Å². The highest BCUT2D eigenvalue weighted by Crippen LogP contribution is 2.18. The van der Waals surface area contributed by atoms with Crippen LogP contribution < -0.4 is 16.0 Å². The van der Waals surface area contributed by atoms with E-state index < -0.39 is 59.9 Å². The van der Waals surface area contributed by atoms with Gasteiger partial charge >= 0.3 is 5.97 Å². The zero-order chi connectivity index (χ0) is 24.9. The second-order valence-electron chi connectivity index (χ2n) is 8.56. The highest BCUT2D eigenvalue weighted by molar-refractivity contribution is 6.00. The first-order valence-corrected chi connectivity index (χ1v) is 11.1. The van der Waals surface area contributed by atoms with Crippen LogP contribution in [0.25, 0.3) is 0 Å². The lowest BCUT2D eigenvalue weighted by atomic mass is 9.94. The van der Waals surface area contributed by atoms with Crippen molar-refractivity contribution in [2.75, 3.05) is 0 Å². The van der Waals surface area contributed by atoms with E-state index in [1.165, 1.54) is 32.9 Å². The summed E-state index contributed by atoms with van der Waals surface area (Å²) in [6.07, 6.45) is -1.79. The number of phenolic OH excluding ortho intramolecular Hbond substituents is 1. The summed E-state index contributed by atoms with van der Waals surface area (Å²) in [5, 5.41) is 28.3. The number of ether oxygens (including phenoxy) is 1. The van der Waals surface area contributed by atoms with Gasteiger partial charge in [-0.05, 0) is 31.9 Å². The van der Waals surface area contributed by atoms with Crippen LogP contribution in [-0.2, 0) is 19.1 Å². The van der Waals surface area contributed by atoms with Crippen LogP contribution in [0.15, 0.2) is 24.3 Å². The summed E-state index contributed by atoms with van der Waals surface area (Å²) in [5.74, 6) is -4.22. The molecule has 0 spiro atoms. The topological polar surface area (TPSA) is 154 Å². The van der Waals surface area contributed by atoms with Gasteiger partial charge in [-0.25, -0.2) is 4.79 Å². The number of hydrogen-bond donors (Lipinski definition) is 5. The van der Waals surface area contributed by atoms with Crippen molar-refractivity contribution < 1.29 is 34.1 Å². The second-order valence-corrected chi connectivity index (χ2v) is 8.56. The molecule has 0 bridgehead atoms. The Kier molecular flexibility index (Phi) is 8.81. The first-order chi connectivity index (χ1) is 15.5. The maximum absolute atomic E-state index is 13.0. The third kappa shape index (κ3) is 6.22. The van der Waals surface area contributed by atoms with E-state index in [1.807, 2.05) is 6.92 Å². The molecule has 10 nitrogen and oxygen atoms in total. The molecule has 0 aliphatic carbocycles. The number of cyclic esters (lactones) is 1. The van der Waals surface area contributed by atoms with Crippen molar-refractivity contribution >= 4 is 23.7 Å². The average molecular weight is 464 g/mol. The number of esters is 1. The Morgan fingerprint density at radius 1 is 1.12 bits per heavy atom. The maximum atomic E-state index is 13.0. The predicted octanol–water partition coefficient (Wildman–Crippen LogP) is 0.469. The highest BCUT2D eigenvalue weighted by atomic mass is 16.5. The number of carbonyl (C=O) groups excluding carboxylic acids is 4. The van der Waals surface area contributed by atoms with Crippen molar-refractivity contribution in [3.63, 3.8) is 0 Å². The largest absolute Gasteiger partial charge is 0.507 e. The number of nitrogens with one attached hydrogen (secondary N) is 3. The summed E-state index contributed by atoms with van der Waals surface area (Å²) in [6.45, 7) is 8.10. The number of carbonyl (C=O) groups is 4. The molecule has 1 aliphatic heterocycles. The highest BCUT2D eigenvalue weighted by Gasteiger charge is 2.38. The van der Waals surface area contributed by atoms with E-state index in [9.17, 15) is 29.4 Å². The van der Waals surface area contributed by atoms with Gasteiger partial charge in [0.05, 0.1) is 23.6 Å². The monoisotopic (exact) mass is 463 g/mol. The van der Waals surface area contributed by atoms with Crippen LogP contribution in [0.1, 0.15) is 51.4 Å². The van der Waals surface area contributed by atoms with Crippen LogP contribution in [0.3, 0.4) is 0 Å². The van der Waals surface area contributed by atoms with Crippen molar-refractivity contribution in [1.29, 1.82) is 0 Å². The first-order valence-electron chi connectivity index (χ1n) is 11.1. The third-order valence-electron chi connectivity index (χ3n) is 6.06. The lowest BCUT2D eigenvalue weighted by Gasteiger charge is -2.33. The number of rotatable bonds is 4. The predicted molar refractivity (Wildman–Crippen MR) is 119 cm³/mol. The van der Waals surface area contributed by atoms with Crippen LogP contribution in [0.4, 0.5) is 0 Å². The molecule has 1 fully saturated rings. The summed E-state index contributed by atoms with van der Waals surface area (Å²) in [5.41, 5.74) is -0.0543. The number of benzene rings is 1. The number of aromatic hydroxyl groups is 1. The molecule has 0 saturated carbocycles. The lowest BCUT2D eigenvalue weighted by Crippen LogP contribution is -2.60. The minimum absolute atomic E-state index is 0.0543. The van der Waals surface area contributed by atoms with Gasteiger partial charge in [0, 0.05) is 0 Å². The summed E-state index contributed by atoms with van der Waals surface area (Å²) in [4.78, 5) is 51.3. The van der Waals surface area contributed by atoms with Crippen molar-refractivity contribution in [3.8, 4) is 5.75 Å². The standard InChI is InChI=1S/C23H33N3O7/c1-6-11(2)17-23(32)33-14(5)18(26-21(30)15-9-7-8-10-16(15)27)22(31)24-13(4)19(28)12(3)20(29)25-17/h7-14,17-19,27-28H,6H2,1-5H3,(H,24,31)(H,25,29)(H,26,30). The van der Waals surface area contributed by atoms with Crippen LogP contribution >= 0.6 is 0 Å². The molecule has 0 aromatic heterocycles. The van der Waals surface area contributed by atoms with Crippen molar-refractivity contribution in [1.82, 2.24) is 16.0 Å². The first kappa shape index (κ1) is 26.1. The molecule has 1 heterocycles. The fourth-order valence-corrected chi connectivity index (χ4v) is 3.55. The number of para-hydroxylation sites is 1. The molecule has 2 rings (SSSR count). The van der Waals surface area contributed by atoms with Gasteiger partial charge in [0.15, 0.2) is 0 Å². The Bertz CT molecular complexity index is 891. The molecule has 7 atom stereocenters. The van der Waals surface area contributed by atoms with Gasteiger partial charge in [0.25, 0.3) is 5.91 Å². The number of aliphatic hydroxyl groups excluding tert-OH is 1. The summed E-state index contributed by atoms with van der Waals surface area (Å²) >= 11 is 0. The van der Waals surface area contributed by atoms with E-state index in [4.69, 9.17) is 4.74 Å². The molecule has 1 saturated heterocycles. The van der Waals surface area contributed by atoms with E-state index in [-0.39, 0.29) is 17.2 Å². The number of amides is 3. The van der Waals surface area contributed by atoms with Gasteiger partial charge in [-0.2, -0.15) is 0 Å². The minimum atomic E-state index is -1.32. The fourth-order valence-electron chi connectivity index (χ4n) is 3.55. The lowest BCUT2D eigenvalue weighted by molar-refractivity contribution is -0.157. The Labute approximate surface area is 193 Å². The van der Waals surface area contributed by atoms with E-state index in [1.54, 1.807) is 19.1 Å². The van der Waals surface area contributed by atoms with Gasteiger partial charge in [-0.3, -0.25) is 14.4 Å². The van der Waals surface area contributed by atoms with Gasteiger partial charge in [0.2, 0.25) is 11.8 Å². The fraction of sp³-hybridized carbons (Fsp3) is 0.565. The molecular weight excluding hydrogens is 430 g/mol. The molecule has 1 aromatic rings. The van der Waals surface area contributed by atoms with Gasteiger partial charge in [-0.15, -0.1) is 0 Å². The average Bonchev–Trinajstić information content (AvgIpc) is 2.78. The van der Waals surface area contributed by atoms with Crippen molar-refractivity contribution in [3.05, 3.63) is 29.8 Å². The second kappa shape index (κ2) is 11.1. The normalized spacial score (nSPS) is 30.1. The zero-order valence-electron chi connectivity index (χ0n) is 19.5. The van der Waals surface area contributed by atoms with Gasteiger partial charge in [-0.1, -0.05) is 39.3 Å². The molecule has 7 unspecified atom stereocenters. The third-order valence-corrected chi connectivity index (χ3v) is 6.06. The summed E-state index contributed by atoms with van der Waals surface area (Å²) in [7, 11) is 0. The minimum Gasteiger partial charge on any atom is -0.507 e. The quantitative estimate of drug-likeness (QED) is 0.407. The van der Waals surface area contributed by atoms with Crippen LogP contribution in [0, 0.1) is 11.8 Å². The smallest absolute Gasteiger partial charge is 0.329 e. The Morgan fingerprint density at radius 2 is 1.76 bits per heavy atom. The molecule has 1 aliphatic rings. The molecular formula is C23H33N3O7. The van der Waals surface area contributed by atoms with Gasteiger partial charge < -0.3 is 30.9 Å². The number of phenols is 1. The molecule has 1 aromatic carbocycles. The Morgan fingerprint density at radius 3 is 2.36 bits per heavy atom. The molecule has 33 heavy (non-hydrogen) atoms. The Hall–Kier alpha value is -3.14. The summed E-state index contributed by atoms with van der Waals surface area (Å²) < 4.78 is 5.50. The van der Waals surface area contributed by atoms with E-state index in [0.717, 1.165) is 0 Å². The van der Waals surface area contributed by atoms with Crippen LogP contribution in [0.2, 0.25) is 0 Å². The molecule has 3 amide bonds. The van der Waals surface area contributed by atoms with Crippen molar-refractivity contribution in [2.24, 2.45) is 11.8 Å². The molecule has 10 heteroatoms. The maximum Gasteiger partial charge on any atom is 0.329 e. The number of hydrogen-bond acceptors (Lipinski definition) is 7. The zero-order valence-corrected chi connectivity index (χ0v) is 19.5. The van der Waals surface area contributed by atoms with Crippen LogP contribution in [-0.4, -0.2) is 64.2 Å². The van der Waals surface area contributed by atoms with E-state index >= 15 is 0 Å². The molecule has 182 valence electrons. The van der Waals surface area contributed by atoms with Crippen molar-refractivity contribution in [2.45, 2.75) is 71.4 Å². The van der Waals surface area contributed by atoms with E-state index in [2.05, 4.69) is 16.0 Å².